The molecule has 0 fully saturated rings. The molecule has 2 heterocycles. The summed E-state index contributed by atoms with van der Waals surface area (Å²) in [6.45, 7) is 2.71. The Labute approximate surface area is 195 Å². The van der Waals surface area contributed by atoms with E-state index in [1.807, 2.05) is 60.7 Å². The molecular weight excluding hydrogens is 439 g/mol. The fraction of sp³-hybridized carbons (Fsp3) is 0.0769. The van der Waals surface area contributed by atoms with E-state index in [-0.39, 0.29) is 0 Å². The maximum atomic E-state index is 9.92. The van der Waals surface area contributed by atoms with E-state index in [1.165, 1.54) is 0 Å². The Balaban J connectivity index is 1.64. The zero-order chi connectivity index (χ0) is 22.2. The molecule has 4 nitrogen and oxygen atoms in total. The number of nitriles is 1. The number of H-pyrrole nitrogens is 1. The van der Waals surface area contributed by atoms with Gasteiger partial charge in [-0.05, 0) is 48.9 Å². The zero-order valence-electron chi connectivity index (χ0n) is 17.2. The van der Waals surface area contributed by atoms with E-state index >= 15 is 0 Å². The fourth-order valence-corrected chi connectivity index (χ4v) is 4.36. The largest absolute Gasteiger partial charge is 0.340 e. The van der Waals surface area contributed by atoms with Gasteiger partial charge in [0.05, 0.1) is 26.7 Å². The second-order valence-electron chi connectivity index (χ2n) is 7.62. The molecule has 1 N–H and O–H groups in total. The van der Waals surface area contributed by atoms with E-state index in [4.69, 9.17) is 23.2 Å². The minimum absolute atomic E-state index is 0.488. The molecule has 0 spiro atoms. The first-order valence-corrected chi connectivity index (χ1v) is 10.9. The van der Waals surface area contributed by atoms with Gasteiger partial charge in [-0.2, -0.15) is 5.26 Å². The zero-order valence-corrected chi connectivity index (χ0v) is 18.7. The van der Waals surface area contributed by atoms with Gasteiger partial charge in [0.25, 0.3) is 0 Å². The molecule has 5 aromatic rings. The van der Waals surface area contributed by atoms with Crippen molar-refractivity contribution in [3.63, 3.8) is 0 Å². The van der Waals surface area contributed by atoms with Crippen molar-refractivity contribution in [2.75, 3.05) is 0 Å². The van der Waals surface area contributed by atoms with Crippen molar-refractivity contribution in [2.24, 2.45) is 0 Å². The van der Waals surface area contributed by atoms with E-state index in [9.17, 15) is 5.26 Å². The van der Waals surface area contributed by atoms with Crippen LogP contribution < -0.4 is 0 Å². The van der Waals surface area contributed by atoms with Gasteiger partial charge in [-0.25, -0.2) is 4.98 Å². The molecule has 6 heteroatoms. The molecule has 0 saturated carbocycles. The number of hydrogen-bond acceptors (Lipinski definition) is 2. The molecule has 0 aliphatic carbocycles. The highest BCUT2D eigenvalue weighted by atomic mass is 35.5. The average molecular weight is 457 g/mol. The number of fused-ring (bicyclic) bond motifs is 2. The van der Waals surface area contributed by atoms with E-state index in [2.05, 4.69) is 39.7 Å². The standard InChI is InChI=1S/C26H18Cl2N4/c1-16-20(13-18(14-29)26-30-23-7-3-4-8-24(23)31-26)19-6-2-5-9-25(19)32(16)15-17-10-11-21(27)22(28)12-17/h2-13H,15H2,1H3,(H,30,31). The Bertz CT molecular complexity index is 1520. The van der Waals surface area contributed by atoms with Gasteiger partial charge in [-0.3, -0.25) is 0 Å². The van der Waals surface area contributed by atoms with Crippen molar-refractivity contribution < 1.29 is 0 Å². The molecule has 3 aromatic carbocycles. The lowest BCUT2D eigenvalue weighted by Gasteiger charge is -2.10. The Morgan fingerprint density at radius 3 is 2.62 bits per heavy atom. The molecule has 156 valence electrons. The van der Waals surface area contributed by atoms with Gasteiger partial charge >= 0.3 is 0 Å². The fourth-order valence-electron chi connectivity index (χ4n) is 4.04. The molecule has 0 aliphatic rings. The van der Waals surface area contributed by atoms with Crippen molar-refractivity contribution in [3.05, 3.63) is 99.4 Å². The summed E-state index contributed by atoms with van der Waals surface area (Å²) in [7, 11) is 0. The Morgan fingerprint density at radius 1 is 1.06 bits per heavy atom. The lowest BCUT2D eigenvalue weighted by Crippen LogP contribution is -2.02. The van der Waals surface area contributed by atoms with E-state index < -0.39 is 0 Å². The summed E-state index contributed by atoms with van der Waals surface area (Å²) in [6, 6.07) is 24.0. The third kappa shape index (κ3) is 3.56. The molecule has 0 atom stereocenters. The number of allylic oxidation sites excluding steroid dienone is 1. The van der Waals surface area contributed by atoms with Gasteiger partial charge in [0.15, 0.2) is 0 Å². The first-order valence-electron chi connectivity index (χ1n) is 10.1. The smallest absolute Gasteiger partial charge is 0.149 e. The minimum atomic E-state index is 0.488. The quantitative estimate of drug-likeness (QED) is 0.289. The van der Waals surface area contributed by atoms with Crippen LogP contribution in [0.2, 0.25) is 10.0 Å². The van der Waals surface area contributed by atoms with E-state index in [0.717, 1.165) is 38.8 Å². The topological polar surface area (TPSA) is 57.4 Å². The van der Waals surface area contributed by atoms with Gasteiger partial charge in [-0.1, -0.05) is 59.6 Å². The summed E-state index contributed by atoms with van der Waals surface area (Å²) in [6.07, 6.45) is 1.92. The summed E-state index contributed by atoms with van der Waals surface area (Å²) in [5.41, 5.74) is 6.42. The molecule has 0 unspecified atom stereocenters. The SMILES string of the molecule is Cc1c(C=C(C#N)c2nc3ccccc3[nH]2)c2ccccc2n1Cc1ccc(Cl)c(Cl)c1. The highest BCUT2D eigenvalue weighted by Gasteiger charge is 2.15. The van der Waals surface area contributed by atoms with Crippen molar-refractivity contribution in [2.45, 2.75) is 13.5 Å². The molecule has 0 radical (unpaired) electrons. The minimum Gasteiger partial charge on any atom is -0.340 e. The van der Waals surface area contributed by atoms with Crippen LogP contribution in [0.3, 0.4) is 0 Å². The van der Waals surface area contributed by atoms with Crippen LogP contribution in [0.4, 0.5) is 0 Å². The number of aromatic amines is 1. The number of rotatable bonds is 4. The monoisotopic (exact) mass is 456 g/mol. The van der Waals surface area contributed by atoms with Crippen LogP contribution in [0, 0.1) is 18.3 Å². The highest BCUT2D eigenvalue weighted by molar-refractivity contribution is 6.42. The van der Waals surface area contributed by atoms with Crippen LogP contribution >= 0.6 is 23.2 Å². The number of imidazole rings is 1. The number of nitrogens with one attached hydrogen (secondary N) is 1. The van der Waals surface area contributed by atoms with Gasteiger partial charge in [0.2, 0.25) is 0 Å². The summed E-state index contributed by atoms with van der Waals surface area (Å²) >= 11 is 12.3. The van der Waals surface area contributed by atoms with Crippen LogP contribution in [-0.2, 0) is 6.54 Å². The molecule has 2 aromatic heterocycles. The molecule has 0 bridgehead atoms. The van der Waals surface area contributed by atoms with Crippen LogP contribution in [0.5, 0.6) is 0 Å². The Morgan fingerprint density at radius 2 is 1.84 bits per heavy atom. The molecule has 5 rings (SSSR count). The van der Waals surface area contributed by atoms with Crippen molar-refractivity contribution >= 4 is 56.8 Å². The number of nitrogens with zero attached hydrogens (tertiary/aromatic N) is 3. The summed E-state index contributed by atoms with van der Waals surface area (Å²) in [5, 5.41) is 12.1. The second kappa shape index (κ2) is 8.20. The number of para-hydroxylation sites is 3. The van der Waals surface area contributed by atoms with Gasteiger partial charge in [-0.15, -0.1) is 0 Å². The third-order valence-corrected chi connectivity index (χ3v) is 6.40. The third-order valence-electron chi connectivity index (χ3n) is 5.66. The molecule has 32 heavy (non-hydrogen) atoms. The molecular formula is C26H18Cl2N4. The average Bonchev–Trinajstić information content (AvgIpc) is 3.34. The first kappa shape index (κ1) is 20.4. The Hall–Kier alpha value is -3.52. The normalized spacial score (nSPS) is 11.9. The predicted octanol–water partition coefficient (Wildman–Crippen LogP) is 7.25. The number of aromatic nitrogens is 3. The number of hydrogen-bond donors (Lipinski definition) is 1. The Kier molecular flexibility index (Phi) is 5.22. The van der Waals surface area contributed by atoms with Crippen LogP contribution in [-0.4, -0.2) is 14.5 Å². The van der Waals surface area contributed by atoms with Crippen molar-refractivity contribution in [3.8, 4) is 6.07 Å². The predicted molar refractivity (Wildman–Crippen MR) is 132 cm³/mol. The summed E-state index contributed by atoms with van der Waals surface area (Å²) in [4.78, 5) is 7.86. The highest BCUT2D eigenvalue weighted by Crippen LogP contribution is 2.31. The van der Waals surface area contributed by atoms with Gasteiger partial charge in [0.1, 0.15) is 11.9 Å². The maximum absolute atomic E-state index is 9.92. The van der Waals surface area contributed by atoms with Crippen molar-refractivity contribution in [1.29, 1.82) is 5.26 Å². The van der Waals surface area contributed by atoms with Crippen LogP contribution in [0.15, 0.2) is 66.7 Å². The number of halogens is 2. The molecule has 0 aliphatic heterocycles. The maximum Gasteiger partial charge on any atom is 0.149 e. The molecule has 0 amide bonds. The van der Waals surface area contributed by atoms with E-state index in [1.54, 1.807) is 0 Å². The lowest BCUT2D eigenvalue weighted by molar-refractivity contribution is 0.804. The summed E-state index contributed by atoms with van der Waals surface area (Å²) < 4.78 is 2.23. The number of benzene rings is 3. The van der Waals surface area contributed by atoms with Gasteiger partial charge < -0.3 is 9.55 Å². The molecule has 0 saturated heterocycles. The lowest BCUT2D eigenvalue weighted by atomic mass is 10.1. The van der Waals surface area contributed by atoms with Crippen LogP contribution in [0.25, 0.3) is 33.6 Å². The summed E-state index contributed by atoms with van der Waals surface area (Å²) in [5.74, 6) is 0.564. The van der Waals surface area contributed by atoms with Crippen molar-refractivity contribution in [1.82, 2.24) is 14.5 Å². The van der Waals surface area contributed by atoms with Crippen LogP contribution in [0.1, 0.15) is 22.6 Å². The first-order chi connectivity index (χ1) is 15.5. The van der Waals surface area contributed by atoms with E-state index in [0.29, 0.717) is 28.0 Å². The second-order valence-corrected chi connectivity index (χ2v) is 8.44. The van der Waals surface area contributed by atoms with Gasteiger partial charge in [0, 0.05) is 28.7 Å².